The molecule has 0 atom stereocenters. The molecule has 1 aliphatic heterocycles. The lowest BCUT2D eigenvalue weighted by Gasteiger charge is -2.30. The molecule has 0 unspecified atom stereocenters. The van der Waals surface area contributed by atoms with Crippen LogP contribution in [0.1, 0.15) is 66.8 Å². The molecule has 0 spiro atoms. The Labute approximate surface area is 161 Å². The number of hydrogen-bond acceptors (Lipinski definition) is 4. The molecule has 1 aliphatic carbocycles. The van der Waals surface area contributed by atoms with Crippen LogP contribution in [0.2, 0.25) is 0 Å². The van der Waals surface area contributed by atoms with Crippen LogP contribution in [0.3, 0.4) is 0 Å². The van der Waals surface area contributed by atoms with Crippen LogP contribution in [-0.2, 0) is 6.42 Å². The molecular weight excluding hydrogens is 336 g/mol. The summed E-state index contributed by atoms with van der Waals surface area (Å²) in [6, 6.07) is 10.6. The SMILES string of the molecule is Cc1nc(C(=O)NC2CCCCCC2)cc(N2CCCc3ccccc32)n1. The molecule has 1 saturated carbocycles. The molecule has 1 fully saturated rings. The van der Waals surface area contributed by atoms with Crippen LogP contribution in [0.5, 0.6) is 0 Å². The minimum atomic E-state index is -0.0704. The highest BCUT2D eigenvalue weighted by Gasteiger charge is 2.22. The maximum atomic E-state index is 12.8. The van der Waals surface area contributed by atoms with Gasteiger partial charge in [0.05, 0.1) is 0 Å². The number of fused-ring (bicyclic) bond motifs is 1. The van der Waals surface area contributed by atoms with E-state index in [1.807, 2.05) is 13.0 Å². The molecule has 0 saturated heterocycles. The fourth-order valence-corrected chi connectivity index (χ4v) is 4.26. The van der Waals surface area contributed by atoms with Crippen molar-refractivity contribution in [2.24, 2.45) is 0 Å². The molecule has 1 aromatic heterocycles. The minimum Gasteiger partial charge on any atom is -0.348 e. The minimum absolute atomic E-state index is 0.0704. The molecule has 0 radical (unpaired) electrons. The first-order valence-electron chi connectivity index (χ1n) is 10.2. The summed E-state index contributed by atoms with van der Waals surface area (Å²) in [4.78, 5) is 24.1. The van der Waals surface area contributed by atoms with Gasteiger partial charge in [-0.25, -0.2) is 9.97 Å². The lowest BCUT2D eigenvalue weighted by atomic mass is 10.0. The predicted octanol–water partition coefficient (Wildman–Crippen LogP) is 4.32. The van der Waals surface area contributed by atoms with E-state index in [1.165, 1.54) is 36.9 Å². The van der Waals surface area contributed by atoms with Gasteiger partial charge in [-0.15, -0.1) is 0 Å². The van der Waals surface area contributed by atoms with Gasteiger partial charge in [-0.1, -0.05) is 43.9 Å². The van der Waals surface area contributed by atoms with E-state index < -0.39 is 0 Å². The van der Waals surface area contributed by atoms with E-state index in [0.29, 0.717) is 11.5 Å². The van der Waals surface area contributed by atoms with Gasteiger partial charge in [0.25, 0.3) is 5.91 Å². The summed E-state index contributed by atoms with van der Waals surface area (Å²) < 4.78 is 0. The number of nitrogens with one attached hydrogen (secondary N) is 1. The first kappa shape index (κ1) is 18.0. The number of aromatic nitrogens is 2. The Kier molecular flexibility index (Phi) is 5.37. The Morgan fingerprint density at radius 1 is 1.07 bits per heavy atom. The van der Waals surface area contributed by atoms with Crippen molar-refractivity contribution >= 4 is 17.4 Å². The standard InChI is InChI=1S/C22H28N4O/c1-16-23-19(22(27)25-18-11-4-2-3-5-12-18)15-21(24-16)26-14-8-10-17-9-6-7-13-20(17)26/h6-7,9,13,15,18H,2-5,8,10-12,14H2,1H3,(H,25,27). The number of anilines is 2. The third kappa shape index (κ3) is 4.12. The second-order valence-electron chi connectivity index (χ2n) is 7.70. The van der Waals surface area contributed by atoms with Gasteiger partial charge in [-0.2, -0.15) is 0 Å². The zero-order chi connectivity index (χ0) is 18.6. The molecule has 1 N–H and O–H groups in total. The fraction of sp³-hybridized carbons (Fsp3) is 0.500. The highest BCUT2D eigenvalue weighted by molar-refractivity contribution is 5.93. The number of carbonyl (C=O) groups excluding carboxylic acids is 1. The highest BCUT2D eigenvalue weighted by atomic mass is 16.1. The molecule has 4 rings (SSSR count). The van der Waals surface area contributed by atoms with E-state index in [2.05, 4.69) is 44.5 Å². The summed E-state index contributed by atoms with van der Waals surface area (Å²) in [5.41, 5.74) is 3.01. The Bertz CT molecular complexity index is 812. The topological polar surface area (TPSA) is 58.1 Å². The van der Waals surface area contributed by atoms with Crippen LogP contribution in [0, 0.1) is 6.92 Å². The summed E-state index contributed by atoms with van der Waals surface area (Å²) in [6.07, 6.45) is 9.27. The van der Waals surface area contributed by atoms with E-state index in [-0.39, 0.29) is 11.9 Å². The number of carbonyl (C=O) groups is 1. The average Bonchev–Trinajstić information content (AvgIpc) is 2.95. The van der Waals surface area contributed by atoms with Crippen LogP contribution in [0.15, 0.2) is 30.3 Å². The lowest BCUT2D eigenvalue weighted by molar-refractivity contribution is 0.0928. The second-order valence-corrected chi connectivity index (χ2v) is 7.70. The summed E-state index contributed by atoms with van der Waals surface area (Å²) in [6.45, 7) is 2.78. The summed E-state index contributed by atoms with van der Waals surface area (Å²) in [5.74, 6) is 1.39. The van der Waals surface area contributed by atoms with Gasteiger partial charge in [-0.3, -0.25) is 4.79 Å². The number of para-hydroxylation sites is 1. The van der Waals surface area contributed by atoms with Gasteiger partial charge in [0.2, 0.25) is 0 Å². The number of nitrogens with zero attached hydrogens (tertiary/aromatic N) is 3. The Hall–Kier alpha value is -2.43. The molecule has 5 nitrogen and oxygen atoms in total. The number of benzene rings is 1. The van der Waals surface area contributed by atoms with Crippen LogP contribution in [0.4, 0.5) is 11.5 Å². The second kappa shape index (κ2) is 8.07. The van der Waals surface area contributed by atoms with E-state index in [9.17, 15) is 4.79 Å². The first-order valence-corrected chi connectivity index (χ1v) is 10.2. The number of aryl methyl sites for hydroxylation is 2. The number of rotatable bonds is 3. The molecule has 2 aromatic rings. The lowest BCUT2D eigenvalue weighted by Crippen LogP contribution is -2.35. The number of amides is 1. The zero-order valence-electron chi connectivity index (χ0n) is 16.1. The smallest absolute Gasteiger partial charge is 0.270 e. The van der Waals surface area contributed by atoms with Crippen molar-refractivity contribution in [1.29, 1.82) is 0 Å². The molecule has 5 heteroatoms. The van der Waals surface area contributed by atoms with E-state index in [0.717, 1.165) is 38.0 Å². The molecule has 0 bridgehead atoms. The van der Waals surface area contributed by atoms with Crippen LogP contribution in [0.25, 0.3) is 0 Å². The summed E-state index contributed by atoms with van der Waals surface area (Å²) in [5, 5.41) is 3.20. The molecule has 2 aliphatic rings. The van der Waals surface area contributed by atoms with Gasteiger partial charge >= 0.3 is 0 Å². The quantitative estimate of drug-likeness (QED) is 0.824. The Morgan fingerprint density at radius 3 is 2.67 bits per heavy atom. The van der Waals surface area contributed by atoms with E-state index >= 15 is 0 Å². The van der Waals surface area contributed by atoms with Gasteiger partial charge < -0.3 is 10.2 Å². The third-order valence-electron chi connectivity index (χ3n) is 5.63. The maximum absolute atomic E-state index is 12.8. The largest absolute Gasteiger partial charge is 0.348 e. The molecular formula is C22H28N4O. The van der Waals surface area contributed by atoms with Crippen LogP contribution >= 0.6 is 0 Å². The zero-order valence-corrected chi connectivity index (χ0v) is 16.1. The van der Waals surface area contributed by atoms with Crippen LogP contribution < -0.4 is 10.2 Å². The molecule has 2 heterocycles. The summed E-state index contributed by atoms with van der Waals surface area (Å²) >= 11 is 0. The van der Waals surface area contributed by atoms with Crippen molar-refractivity contribution in [2.45, 2.75) is 64.3 Å². The first-order chi connectivity index (χ1) is 13.2. The van der Waals surface area contributed by atoms with E-state index in [1.54, 1.807) is 0 Å². The monoisotopic (exact) mass is 364 g/mol. The third-order valence-corrected chi connectivity index (χ3v) is 5.63. The van der Waals surface area contributed by atoms with Crippen molar-refractivity contribution in [2.75, 3.05) is 11.4 Å². The molecule has 27 heavy (non-hydrogen) atoms. The molecule has 142 valence electrons. The van der Waals surface area contributed by atoms with Gasteiger partial charge in [0.1, 0.15) is 17.3 Å². The van der Waals surface area contributed by atoms with Crippen molar-refractivity contribution in [1.82, 2.24) is 15.3 Å². The van der Waals surface area contributed by atoms with E-state index in [4.69, 9.17) is 0 Å². The van der Waals surface area contributed by atoms with Gasteiger partial charge in [-0.05, 0) is 44.2 Å². The van der Waals surface area contributed by atoms with Gasteiger partial charge in [0.15, 0.2) is 0 Å². The average molecular weight is 364 g/mol. The molecule has 1 amide bonds. The predicted molar refractivity (Wildman–Crippen MR) is 107 cm³/mol. The normalized spacial score (nSPS) is 17.9. The van der Waals surface area contributed by atoms with Crippen molar-refractivity contribution < 1.29 is 4.79 Å². The van der Waals surface area contributed by atoms with Crippen molar-refractivity contribution in [3.63, 3.8) is 0 Å². The molecule has 1 aromatic carbocycles. The highest BCUT2D eigenvalue weighted by Crippen LogP contribution is 2.32. The number of hydrogen-bond donors (Lipinski definition) is 1. The fourth-order valence-electron chi connectivity index (χ4n) is 4.26. The Morgan fingerprint density at radius 2 is 1.85 bits per heavy atom. The summed E-state index contributed by atoms with van der Waals surface area (Å²) in [7, 11) is 0. The van der Waals surface area contributed by atoms with Crippen molar-refractivity contribution in [3.8, 4) is 0 Å². The Balaban J connectivity index is 1.58. The van der Waals surface area contributed by atoms with Crippen LogP contribution in [-0.4, -0.2) is 28.5 Å². The maximum Gasteiger partial charge on any atom is 0.270 e. The van der Waals surface area contributed by atoms with Gasteiger partial charge in [0, 0.05) is 24.3 Å². The van der Waals surface area contributed by atoms with Crippen molar-refractivity contribution in [3.05, 3.63) is 47.4 Å².